The van der Waals surface area contributed by atoms with Crippen LogP contribution in [0.15, 0.2) is 24.0 Å². The van der Waals surface area contributed by atoms with Gasteiger partial charge in [0.2, 0.25) is 0 Å². The third-order valence-electron chi connectivity index (χ3n) is 7.69. The number of benzene rings is 1. The van der Waals surface area contributed by atoms with Gasteiger partial charge >= 0.3 is 0 Å². The standard InChI is InChI=1S/C25H34F2O/c1-16-3-6-20(7-4-16)23-14-12-21(15-28-23)18-8-10-19(11-9-18)22-13-5-17(2)24(26)25(22)27/h5,13-14,16,18-21H,3-4,6-12,15H2,1-2H3. The summed E-state index contributed by atoms with van der Waals surface area (Å²) in [5, 5.41) is 0. The fourth-order valence-corrected chi connectivity index (χ4v) is 5.63. The summed E-state index contributed by atoms with van der Waals surface area (Å²) in [6.07, 6.45) is 12.8. The number of aryl methyl sites for hydroxylation is 1. The molecule has 2 saturated carbocycles. The largest absolute Gasteiger partial charge is 0.498 e. The lowest BCUT2D eigenvalue weighted by molar-refractivity contribution is 0.0689. The normalized spacial score (nSPS) is 33.9. The molecule has 0 bridgehead atoms. The second-order valence-electron chi connectivity index (χ2n) is 9.58. The Morgan fingerprint density at radius 2 is 1.50 bits per heavy atom. The van der Waals surface area contributed by atoms with Gasteiger partial charge in [-0.05, 0) is 92.7 Å². The molecule has 1 nitrogen and oxygen atoms in total. The molecule has 0 saturated heterocycles. The van der Waals surface area contributed by atoms with Crippen molar-refractivity contribution in [2.75, 3.05) is 6.61 Å². The van der Waals surface area contributed by atoms with Crippen molar-refractivity contribution in [2.45, 2.75) is 77.6 Å². The van der Waals surface area contributed by atoms with Crippen molar-refractivity contribution in [1.29, 1.82) is 0 Å². The second-order valence-corrected chi connectivity index (χ2v) is 9.58. The van der Waals surface area contributed by atoms with Gasteiger partial charge in [-0.25, -0.2) is 8.78 Å². The quantitative estimate of drug-likeness (QED) is 0.528. The van der Waals surface area contributed by atoms with Gasteiger partial charge in [-0.15, -0.1) is 0 Å². The Hall–Kier alpha value is -1.38. The zero-order valence-corrected chi connectivity index (χ0v) is 17.4. The fraction of sp³-hybridized carbons (Fsp3) is 0.680. The summed E-state index contributed by atoms with van der Waals surface area (Å²) >= 11 is 0. The van der Waals surface area contributed by atoms with Crippen LogP contribution in [0.4, 0.5) is 8.78 Å². The molecular formula is C25H34F2O. The Balaban J connectivity index is 1.31. The van der Waals surface area contributed by atoms with Crippen LogP contribution in [-0.4, -0.2) is 6.61 Å². The van der Waals surface area contributed by atoms with E-state index in [1.807, 2.05) is 0 Å². The molecule has 3 heteroatoms. The summed E-state index contributed by atoms with van der Waals surface area (Å²) in [6.45, 7) is 4.83. The molecule has 2 aliphatic carbocycles. The van der Waals surface area contributed by atoms with Gasteiger partial charge in [0.1, 0.15) is 0 Å². The minimum Gasteiger partial charge on any atom is -0.498 e. The molecule has 154 valence electrons. The van der Waals surface area contributed by atoms with E-state index in [0.717, 1.165) is 44.6 Å². The highest BCUT2D eigenvalue weighted by molar-refractivity contribution is 5.28. The number of allylic oxidation sites excluding steroid dienone is 2. The van der Waals surface area contributed by atoms with Gasteiger partial charge < -0.3 is 4.74 Å². The Kier molecular flexibility index (Phi) is 6.08. The third-order valence-corrected chi connectivity index (χ3v) is 7.69. The van der Waals surface area contributed by atoms with Crippen LogP contribution in [-0.2, 0) is 4.74 Å². The van der Waals surface area contributed by atoms with Crippen LogP contribution in [0.3, 0.4) is 0 Å². The summed E-state index contributed by atoms with van der Waals surface area (Å²) in [7, 11) is 0. The maximum Gasteiger partial charge on any atom is 0.162 e. The lowest BCUT2D eigenvalue weighted by Gasteiger charge is -2.37. The second kappa shape index (κ2) is 8.55. The van der Waals surface area contributed by atoms with E-state index in [0.29, 0.717) is 28.9 Å². The van der Waals surface area contributed by atoms with Crippen molar-refractivity contribution >= 4 is 0 Å². The smallest absolute Gasteiger partial charge is 0.162 e. The molecule has 0 spiro atoms. The molecule has 1 heterocycles. The van der Waals surface area contributed by atoms with Gasteiger partial charge in [0.05, 0.1) is 12.4 Å². The molecule has 28 heavy (non-hydrogen) atoms. The fourth-order valence-electron chi connectivity index (χ4n) is 5.63. The van der Waals surface area contributed by atoms with Crippen LogP contribution in [0.25, 0.3) is 0 Å². The molecule has 4 rings (SSSR count). The Morgan fingerprint density at radius 1 is 0.821 bits per heavy atom. The molecule has 2 fully saturated rings. The zero-order chi connectivity index (χ0) is 19.7. The van der Waals surface area contributed by atoms with E-state index in [9.17, 15) is 8.78 Å². The number of hydrogen-bond acceptors (Lipinski definition) is 1. The van der Waals surface area contributed by atoms with Crippen LogP contribution in [0.1, 0.15) is 81.8 Å². The minimum absolute atomic E-state index is 0.159. The zero-order valence-electron chi connectivity index (χ0n) is 17.4. The van der Waals surface area contributed by atoms with E-state index in [-0.39, 0.29) is 5.92 Å². The monoisotopic (exact) mass is 388 g/mol. The van der Waals surface area contributed by atoms with Gasteiger partial charge in [-0.2, -0.15) is 0 Å². The average Bonchev–Trinajstić information content (AvgIpc) is 2.73. The van der Waals surface area contributed by atoms with Crippen molar-refractivity contribution in [3.05, 3.63) is 46.7 Å². The predicted molar refractivity (Wildman–Crippen MR) is 109 cm³/mol. The van der Waals surface area contributed by atoms with Gasteiger partial charge in [-0.1, -0.05) is 31.9 Å². The first-order valence-electron chi connectivity index (χ1n) is 11.3. The molecule has 0 aromatic heterocycles. The summed E-state index contributed by atoms with van der Waals surface area (Å²) in [6, 6.07) is 3.51. The minimum atomic E-state index is -0.671. The van der Waals surface area contributed by atoms with E-state index in [4.69, 9.17) is 4.74 Å². The van der Waals surface area contributed by atoms with Crippen molar-refractivity contribution in [2.24, 2.45) is 23.7 Å². The van der Waals surface area contributed by atoms with Crippen molar-refractivity contribution in [3.8, 4) is 0 Å². The first-order chi connectivity index (χ1) is 13.5. The average molecular weight is 389 g/mol. The maximum absolute atomic E-state index is 14.3. The Labute approximate surface area is 168 Å². The first-order valence-corrected chi connectivity index (χ1v) is 11.3. The van der Waals surface area contributed by atoms with Crippen LogP contribution >= 0.6 is 0 Å². The van der Waals surface area contributed by atoms with Gasteiger partial charge in [-0.3, -0.25) is 0 Å². The van der Waals surface area contributed by atoms with Crippen LogP contribution < -0.4 is 0 Å². The number of halogens is 2. The predicted octanol–water partition coefficient (Wildman–Crippen LogP) is 7.29. The van der Waals surface area contributed by atoms with E-state index in [1.54, 1.807) is 19.1 Å². The van der Waals surface area contributed by atoms with E-state index < -0.39 is 11.6 Å². The van der Waals surface area contributed by atoms with E-state index in [2.05, 4.69) is 13.0 Å². The van der Waals surface area contributed by atoms with Crippen LogP contribution in [0, 0.1) is 42.2 Å². The molecule has 0 N–H and O–H groups in total. The highest BCUT2D eigenvalue weighted by Gasteiger charge is 2.33. The molecule has 1 aromatic carbocycles. The SMILES string of the molecule is Cc1ccc(C2CCC(C3CC=C(C4CCC(C)CC4)OC3)CC2)c(F)c1F. The highest BCUT2D eigenvalue weighted by Crippen LogP contribution is 2.43. The highest BCUT2D eigenvalue weighted by atomic mass is 19.2. The van der Waals surface area contributed by atoms with Crippen molar-refractivity contribution in [3.63, 3.8) is 0 Å². The number of rotatable bonds is 3. The summed E-state index contributed by atoms with van der Waals surface area (Å²) in [5.41, 5.74) is 0.972. The Bertz CT molecular complexity index is 710. The molecule has 3 aliphatic rings. The Morgan fingerprint density at radius 3 is 2.14 bits per heavy atom. The summed E-state index contributed by atoms with van der Waals surface area (Å²) in [5.74, 6) is 2.88. The molecule has 0 radical (unpaired) electrons. The molecular weight excluding hydrogens is 354 g/mol. The molecule has 1 aliphatic heterocycles. The van der Waals surface area contributed by atoms with E-state index in [1.165, 1.54) is 31.4 Å². The number of ether oxygens (including phenoxy) is 1. The lowest BCUT2D eigenvalue weighted by atomic mass is 9.72. The maximum atomic E-state index is 14.3. The molecule has 1 atom stereocenters. The van der Waals surface area contributed by atoms with Gasteiger partial charge in [0.25, 0.3) is 0 Å². The lowest BCUT2D eigenvalue weighted by Crippen LogP contribution is -2.28. The summed E-state index contributed by atoms with van der Waals surface area (Å²) < 4.78 is 34.5. The summed E-state index contributed by atoms with van der Waals surface area (Å²) in [4.78, 5) is 0. The third kappa shape index (κ3) is 4.14. The van der Waals surface area contributed by atoms with Crippen molar-refractivity contribution < 1.29 is 13.5 Å². The van der Waals surface area contributed by atoms with Gasteiger partial charge in [0, 0.05) is 5.92 Å². The molecule has 1 unspecified atom stereocenters. The molecule has 1 aromatic rings. The van der Waals surface area contributed by atoms with Crippen LogP contribution in [0.5, 0.6) is 0 Å². The van der Waals surface area contributed by atoms with Crippen molar-refractivity contribution in [1.82, 2.24) is 0 Å². The first kappa shape index (κ1) is 19.9. The number of hydrogen-bond donors (Lipinski definition) is 0. The van der Waals surface area contributed by atoms with Crippen LogP contribution in [0.2, 0.25) is 0 Å². The topological polar surface area (TPSA) is 9.23 Å². The van der Waals surface area contributed by atoms with Gasteiger partial charge in [0.15, 0.2) is 11.6 Å². The molecule has 0 amide bonds. The van der Waals surface area contributed by atoms with E-state index >= 15 is 0 Å².